The van der Waals surface area contributed by atoms with E-state index in [1.165, 1.54) is 6.07 Å². The molecule has 0 aliphatic heterocycles. The van der Waals surface area contributed by atoms with Gasteiger partial charge in [-0.1, -0.05) is 6.07 Å². The maximum Gasteiger partial charge on any atom is 0.387 e. The molecule has 1 aromatic carbocycles. The Hall–Kier alpha value is -1.87. The van der Waals surface area contributed by atoms with Gasteiger partial charge in [0.25, 0.3) is 0 Å². The van der Waals surface area contributed by atoms with Crippen LogP contribution >= 0.6 is 11.6 Å². The molecule has 0 spiro atoms. The minimum Gasteiger partial charge on any atom is -0.481 e. The number of nitriles is 1. The summed E-state index contributed by atoms with van der Waals surface area (Å²) in [6.07, 6.45) is -0.366. The molecule has 0 saturated carbocycles. The maximum atomic E-state index is 12.2. The van der Waals surface area contributed by atoms with Gasteiger partial charge in [0.1, 0.15) is 11.8 Å². The monoisotopic (exact) mass is 275 g/mol. The summed E-state index contributed by atoms with van der Waals surface area (Å²) in [7, 11) is 0. The van der Waals surface area contributed by atoms with E-state index in [0.29, 0.717) is 0 Å². The van der Waals surface area contributed by atoms with Crippen LogP contribution in [0, 0.1) is 11.3 Å². The summed E-state index contributed by atoms with van der Waals surface area (Å²) in [5.74, 6) is -1.58. The van der Waals surface area contributed by atoms with Gasteiger partial charge in [0.05, 0.1) is 12.0 Å². The Bertz CT molecular complexity index is 500. The summed E-state index contributed by atoms with van der Waals surface area (Å²) in [6, 6.07) is 4.20. The predicted molar refractivity (Wildman–Crippen MR) is 58.7 cm³/mol. The Morgan fingerprint density at radius 2 is 2.22 bits per heavy atom. The van der Waals surface area contributed by atoms with Crippen molar-refractivity contribution in [2.45, 2.75) is 18.9 Å². The second-order valence-electron chi connectivity index (χ2n) is 3.32. The predicted octanol–water partition coefficient (Wildman–Crippen LogP) is 2.53. The number of aliphatic carboxylic acids is 1. The first-order valence-corrected chi connectivity index (χ1v) is 5.29. The van der Waals surface area contributed by atoms with Crippen molar-refractivity contribution < 1.29 is 23.4 Å². The molecular formula is C11H8ClF2NO3. The van der Waals surface area contributed by atoms with Gasteiger partial charge in [-0.05, 0) is 17.2 Å². The van der Waals surface area contributed by atoms with Crippen molar-refractivity contribution in [1.82, 2.24) is 0 Å². The van der Waals surface area contributed by atoms with Crippen molar-refractivity contribution in [3.05, 3.63) is 28.8 Å². The van der Waals surface area contributed by atoms with Crippen LogP contribution in [0.3, 0.4) is 0 Å². The van der Waals surface area contributed by atoms with Crippen molar-refractivity contribution in [3.63, 3.8) is 0 Å². The van der Waals surface area contributed by atoms with Gasteiger partial charge in [-0.2, -0.15) is 14.0 Å². The number of rotatable bonds is 5. The minimum absolute atomic E-state index is 0.101. The van der Waals surface area contributed by atoms with Gasteiger partial charge in [0.15, 0.2) is 0 Å². The zero-order chi connectivity index (χ0) is 13.7. The molecular weight excluding hydrogens is 268 g/mol. The molecule has 0 aromatic heterocycles. The largest absolute Gasteiger partial charge is 0.481 e. The summed E-state index contributed by atoms with van der Waals surface area (Å²) in [5.41, 5.74) is 0.390. The number of hydrogen-bond donors (Lipinski definition) is 1. The average molecular weight is 276 g/mol. The van der Waals surface area contributed by atoms with Gasteiger partial charge >= 0.3 is 12.6 Å². The van der Waals surface area contributed by atoms with Gasteiger partial charge in [-0.25, -0.2) is 0 Å². The molecule has 4 nitrogen and oxygen atoms in total. The van der Waals surface area contributed by atoms with Gasteiger partial charge in [0.2, 0.25) is 0 Å². The molecule has 0 amide bonds. The lowest BCUT2D eigenvalue weighted by Crippen LogP contribution is -2.07. The van der Waals surface area contributed by atoms with Crippen molar-refractivity contribution in [1.29, 1.82) is 5.26 Å². The molecule has 0 unspecified atom stereocenters. The third-order valence-corrected chi connectivity index (χ3v) is 2.36. The van der Waals surface area contributed by atoms with Crippen LogP contribution in [0.15, 0.2) is 12.1 Å². The summed E-state index contributed by atoms with van der Waals surface area (Å²) < 4.78 is 28.6. The number of alkyl halides is 3. The molecule has 0 bridgehead atoms. The number of nitrogens with zero attached hydrogens (tertiary/aromatic N) is 1. The Kier molecular flexibility index (Phi) is 4.86. The van der Waals surface area contributed by atoms with Gasteiger partial charge in [0, 0.05) is 5.88 Å². The number of benzene rings is 1. The normalized spacial score (nSPS) is 10.2. The first-order valence-electron chi connectivity index (χ1n) is 4.76. The molecule has 0 aliphatic carbocycles. The fourth-order valence-electron chi connectivity index (χ4n) is 1.43. The standard InChI is InChI=1S/C11H8ClF2NO3/c12-4-7-1-6(3-10(16)17)2-9(8(7)5-15)18-11(13)14/h1-2,11H,3-4H2,(H,16,17). The molecule has 0 aliphatic rings. The molecule has 0 heterocycles. The Balaban J connectivity index is 3.27. The quantitative estimate of drug-likeness (QED) is 0.838. The molecule has 1 rings (SSSR count). The lowest BCUT2D eigenvalue weighted by molar-refractivity contribution is -0.136. The highest BCUT2D eigenvalue weighted by atomic mass is 35.5. The second-order valence-corrected chi connectivity index (χ2v) is 3.59. The van der Waals surface area contributed by atoms with Crippen LogP contribution in [0.5, 0.6) is 5.75 Å². The van der Waals surface area contributed by atoms with E-state index in [-0.39, 0.29) is 34.7 Å². The smallest absolute Gasteiger partial charge is 0.387 e. The number of halogens is 3. The van der Waals surface area contributed by atoms with E-state index in [2.05, 4.69) is 4.74 Å². The van der Waals surface area contributed by atoms with Crippen LogP contribution in [0.4, 0.5) is 8.78 Å². The van der Waals surface area contributed by atoms with E-state index < -0.39 is 12.6 Å². The van der Waals surface area contributed by atoms with Crippen LogP contribution < -0.4 is 4.74 Å². The van der Waals surface area contributed by atoms with Crippen LogP contribution in [-0.2, 0) is 17.1 Å². The first-order chi connectivity index (χ1) is 8.47. The van der Waals surface area contributed by atoms with Crippen molar-refractivity contribution in [3.8, 4) is 11.8 Å². The highest BCUT2D eigenvalue weighted by Crippen LogP contribution is 2.27. The van der Waals surface area contributed by atoms with Crippen molar-refractivity contribution in [2.75, 3.05) is 0 Å². The van der Waals surface area contributed by atoms with Crippen LogP contribution in [-0.4, -0.2) is 17.7 Å². The van der Waals surface area contributed by atoms with E-state index in [1.54, 1.807) is 6.07 Å². The number of hydrogen-bond acceptors (Lipinski definition) is 3. The molecule has 7 heteroatoms. The zero-order valence-electron chi connectivity index (χ0n) is 8.99. The van der Waals surface area contributed by atoms with Gasteiger partial charge in [-0.15, -0.1) is 11.6 Å². The fraction of sp³-hybridized carbons (Fsp3) is 0.273. The van der Waals surface area contributed by atoms with E-state index in [1.807, 2.05) is 0 Å². The Morgan fingerprint density at radius 3 is 2.67 bits per heavy atom. The van der Waals surface area contributed by atoms with E-state index in [4.69, 9.17) is 22.0 Å². The number of carbonyl (C=O) groups is 1. The topological polar surface area (TPSA) is 70.3 Å². The molecule has 1 N–H and O–H groups in total. The van der Waals surface area contributed by atoms with Gasteiger partial charge < -0.3 is 9.84 Å². The maximum absolute atomic E-state index is 12.2. The van der Waals surface area contributed by atoms with E-state index >= 15 is 0 Å². The third-order valence-electron chi connectivity index (χ3n) is 2.07. The Labute approximate surface area is 106 Å². The molecule has 0 radical (unpaired) electrons. The average Bonchev–Trinajstić information content (AvgIpc) is 2.26. The number of ether oxygens (including phenoxy) is 1. The lowest BCUT2D eigenvalue weighted by Gasteiger charge is -2.11. The SMILES string of the molecule is N#Cc1c(CCl)cc(CC(=O)O)cc1OC(F)F. The minimum atomic E-state index is -3.10. The Morgan fingerprint density at radius 1 is 1.56 bits per heavy atom. The molecule has 0 fully saturated rings. The third kappa shape index (κ3) is 3.57. The summed E-state index contributed by atoms with van der Waals surface area (Å²) in [5, 5.41) is 17.5. The van der Waals surface area contributed by atoms with Crippen LogP contribution in [0.25, 0.3) is 0 Å². The summed E-state index contributed by atoms with van der Waals surface area (Å²) >= 11 is 5.59. The fourth-order valence-corrected chi connectivity index (χ4v) is 1.65. The van der Waals surface area contributed by atoms with Crippen molar-refractivity contribution in [2.24, 2.45) is 0 Å². The molecule has 18 heavy (non-hydrogen) atoms. The molecule has 0 atom stereocenters. The summed E-state index contributed by atoms with van der Waals surface area (Å²) in [4.78, 5) is 10.6. The number of carboxylic acid groups (broad SMARTS) is 1. The molecule has 96 valence electrons. The second kappa shape index (κ2) is 6.17. The number of carboxylic acids is 1. The highest BCUT2D eigenvalue weighted by Gasteiger charge is 2.16. The van der Waals surface area contributed by atoms with Crippen LogP contribution in [0.1, 0.15) is 16.7 Å². The van der Waals surface area contributed by atoms with E-state index in [0.717, 1.165) is 6.07 Å². The lowest BCUT2D eigenvalue weighted by atomic mass is 10.0. The first kappa shape index (κ1) is 14.2. The highest BCUT2D eigenvalue weighted by molar-refractivity contribution is 6.17. The van der Waals surface area contributed by atoms with Crippen LogP contribution in [0.2, 0.25) is 0 Å². The zero-order valence-corrected chi connectivity index (χ0v) is 9.75. The van der Waals surface area contributed by atoms with E-state index in [9.17, 15) is 13.6 Å². The molecule has 0 saturated heterocycles. The molecule has 1 aromatic rings. The van der Waals surface area contributed by atoms with Gasteiger partial charge in [-0.3, -0.25) is 4.79 Å². The summed E-state index contributed by atoms with van der Waals surface area (Å²) in [6.45, 7) is -3.10. The van der Waals surface area contributed by atoms with Crippen molar-refractivity contribution >= 4 is 17.6 Å².